The van der Waals surface area contributed by atoms with E-state index in [-0.39, 0.29) is 11.9 Å². The van der Waals surface area contributed by atoms with E-state index in [0.29, 0.717) is 19.8 Å². The van der Waals surface area contributed by atoms with Gasteiger partial charge in [0, 0.05) is 37.3 Å². The molecule has 0 N–H and O–H groups in total. The summed E-state index contributed by atoms with van der Waals surface area (Å²) < 4.78 is 11.2. The van der Waals surface area contributed by atoms with Gasteiger partial charge in [0.2, 0.25) is 5.91 Å². The minimum Gasteiger partial charge on any atom is -0.381 e. The van der Waals surface area contributed by atoms with Crippen LogP contribution in [0.4, 0.5) is 0 Å². The monoisotopic (exact) mass is 385 g/mol. The molecule has 4 rings (SSSR count). The molecule has 1 aromatic carbocycles. The highest BCUT2D eigenvalue weighted by Crippen LogP contribution is 2.38. The fraction of sp³-hybridized carbons (Fsp3) is 0.500. The Morgan fingerprint density at radius 2 is 1.70 bits per heavy atom. The van der Waals surface area contributed by atoms with E-state index < -0.39 is 5.41 Å². The molecule has 2 fully saturated rings. The maximum absolute atomic E-state index is 14.1. The van der Waals surface area contributed by atoms with Gasteiger partial charge in [-0.2, -0.15) is 0 Å². The van der Waals surface area contributed by atoms with Gasteiger partial charge in [-0.3, -0.25) is 4.79 Å². The largest absolute Gasteiger partial charge is 0.381 e. The number of rotatable bonds is 5. The van der Waals surface area contributed by atoms with E-state index in [4.69, 9.17) is 9.47 Å². The van der Waals surface area contributed by atoms with Gasteiger partial charge in [0.25, 0.3) is 0 Å². The molecule has 0 aliphatic carbocycles. The number of ether oxygens (including phenoxy) is 2. The third-order valence-electron chi connectivity index (χ3n) is 5.88. The van der Waals surface area contributed by atoms with E-state index in [1.165, 1.54) is 4.88 Å². The van der Waals surface area contributed by atoms with Crippen LogP contribution in [0.2, 0.25) is 0 Å². The predicted octanol–water partition coefficient (Wildman–Crippen LogP) is 4.00. The Hall–Kier alpha value is -1.69. The number of carbonyl (C=O) groups is 1. The van der Waals surface area contributed by atoms with Gasteiger partial charge in [-0.25, -0.2) is 0 Å². The molecule has 2 aliphatic rings. The van der Waals surface area contributed by atoms with Gasteiger partial charge in [-0.1, -0.05) is 36.4 Å². The molecule has 2 aliphatic heterocycles. The van der Waals surface area contributed by atoms with Crippen LogP contribution in [-0.4, -0.2) is 43.3 Å². The maximum atomic E-state index is 14.1. The molecule has 2 aromatic rings. The summed E-state index contributed by atoms with van der Waals surface area (Å²) in [7, 11) is 0. The second-order valence-electron chi connectivity index (χ2n) is 7.42. The zero-order valence-corrected chi connectivity index (χ0v) is 16.5. The number of nitrogens with zero attached hydrogens (tertiary/aromatic N) is 1. The van der Waals surface area contributed by atoms with Crippen LogP contribution >= 0.6 is 11.3 Å². The minimum absolute atomic E-state index is 0.247. The molecule has 0 radical (unpaired) electrons. The quantitative estimate of drug-likeness (QED) is 0.781. The standard InChI is InChI=1S/C22H27NO3S/c24-21(22(10-14-26-15-11-22)18-5-2-1-3-6-18)23(17-20-7-4-16-27-20)19-8-12-25-13-9-19/h1-7,16,19H,8-15,17H2. The fourth-order valence-corrected chi connectivity index (χ4v) is 5.01. The molecule has 1 amide bonds. The zero-order valence-electron chi connectivity index (χ0n) is 15.6. The van der Waals surface area contributed by atoms with E-state index in [1.807, 2.05) is 18.2 Å². The molecule has 0 bridgehead atoms. The van der Waals surface area contributed by atoms with E-state index in [9.17, 15) is 4.79 Å². The fourth-order valence-electron chi connectivity index (χ4n) is 4.31. The summed E-state index contributed by atoms with van der Waals surface area (Å²) in [6.45, 7) is 3.44. The van der Waals surface area contributed by atoms with Crippen molar-refractivity contribution < 1.29 is 14.3 Å². The van der Waals surface area contributed by atoms with Crippen LogP contribution in [-0.2, 0) is 26.2 Å². The summed E-state index contributed by atoms with van der Waals surface area (Å²) in [5, 5.41) is 2.09. The summed E-state index contributed by atoms with van der Waals surface area (Å²) >= 11 is 1.72. The molecule has 3 heterocycles. The Morgan fingerprint density at radius 1 is 1.00 bits per heavy atom. The van der Waals surface area contributed by atoms with Gasteiger partial charge < -0.3 is 14.4 Å². The molecule has 1 aromatic heterocycles. The first kappa shape index (κ1) is 18.7. The molecule has 4 nitrogen and oxygen atoms in total. The Kier molecular flexibility index (Phi) is 5.91. The SMILES string of the molecule is O=C(N(Cc1cccs1)C1CCOCC1)C1(c2ccccc2)CCOCC1. The number of benzene rings is 1. The van der Waals surface area contributed by atoms with Crippen molar-refractivity contribution in [2.75, 3.05) is 26.4 Å². The Labute approximate surface area is 165 Å². The van der Waals surface area contributed by atoms with Crippen molar-refractivity contribution in [2.45, 2.75) is 43.7 Å². The number of amides is 1. The van der Waals surface area contributed by atoms with Gasteiger partial charge in [-0.15, -0.1) is 11.3 Å². The van der Waals surface area contributed by atoms with Crippen molar-refractivity contribution in [3.63, 3.8) is 0 Å². The number of hydrogen-bond donors (Lipinski definition) is 0. The van der Waals surface area contributed by atoms with Crippen molar-refractivity contribution in [3.05, 3.63) is 58.3 Å². The molecular formula is C22H27NO3S. The highest BCUT2D eigenvalue weighted by atomic mass is 32.1. The van der Waals surface area contributed by atoms with Gasteiger partial charge in [-0.05, 0) is 42.7 Å². The first-order chi connectivity index (χ1) is 13.3. The Morgan fingerprint density at radius 3 is 2.37 bits per heavy atom. The first-order valence-corrected chi connectivity index (χ1v) is 10.7. The molecule has 5 heteroatoms. The average Bonchev–Trinajstić information content (AvgIpc) is 3.27. The van der Waals surface area contributed by atoms with E-state index in [1.54, 1.807) is 11.3 Å². The van der Waals surface area contributed by atoms with Crippen molar-refractivity contribution in [2.24, 2.45) is 0 Å². The van der Waals surface area contributed by atoms with Crippen LogP contribution in [0.25, 0.3) is 0 Å². The average molecular weight is 386 g/mol. The summed E-state index contributed by atoms with van der Waals surface area (Å²) in [5.74, 6) is 0.261. The molecule has 0 unspecified atom stereocenters. The van der Waals surface area contributed by atoms with Gasteiger partial charge in [0.15, 0.2) is 0 Å². The summed E-state index contributed by atoms with van der Waals surface area (Å²) in [6.07, 6.45) is 3.33. The van der Waals surface area contributed by atoms with Gasteiger partial charge in [0.1, 0.15) is 0 Å². The third kappa shape index (κ3) is 3.96. The topological polar surface area (TPSA) is 38.8 Å². The molecular weight excluding hydrogens is 358 g/mol. The molecule has 144 valence electrons. The lowest BCUT2D eigenvalue weighted by Gasteiger charge is -2.43. The Bertz CT molecular complexity index is 719. The lowest BCUT2D eigenvalue weighted by atomic mass is 9.72. The van der Waals surface area contributed by atoms with Crippen LogP contribution < -0.4 is 0 Å². The second-order valence-corrected chi connectivity index (χ2v) is 8.45. The highest BCUT2D eigenvalue weighted by molar-refractivity contribution is 7.09. The number of carbonyl (C=O) groups excluding carboxylic acids is 1. The zero-order chi connectivity index (χ0) is 18.5. The summed E-state index contributed by atoms with van der Waals surface area (Å²) in [4.78, 5) is 17.5. The lowest BCUT2D eigenvalue weighted by molar-refractivity contribution is -0.146. The van der Waals surface area contributed by atoms with Crippen LogP contribution in [0.1, 0.15) is 36.1 Å². The van der Waals surface area contributed by atoms with Gasteiger partial charge in [0.05, 0.1) is 12.0 Å². The van der Waals surface area contributed by atoms with Crippen LogP contribution in [0.3, 0.4) is 0 Å². The summed E-state index contributed by atoms with van der Waals surface area (Å²) in [5.41, 5.74) is 0.649. The predicted molar refractivity (Wildman–Crippen MR) is 107 cm³/mol. The van der Waals surface area contributed by atoms with Crippen molar-refractivity contribution in [3.8, 4) is 0 Å². The third-order valence-corrected chi connectivity index (χ3v) is 6.74. The Balaban J connectivity index is 1.68. The van der Waals surface area contributed by atoms with E-state index in [0.717, 1.165) is 44.5 Å². The van der Waals surface area contributed by atoms with Crippen molar-refractivity contribution >= 4 is 17.2 Å². The number of hydrogen-bond acceptors (Lipinski definition) is 4. The van der Waals surface area contributed by atoms with Gasteiger partial charge >= 0.3 is 0 Å². The van der Waals surface area contributed by atoms with Crippen LogP contribution in [0.5, 0.6) is 0 Å². The lowest BCUT2D eigenvalue weighted by Crippen LogP contribution is -2.53. The van der Waals surface area contributed by atoms with E-state index in [2.05, 4.69) is 34.5 Å². The van der Waals surface area contributed by atoms with Crippen LogP contribution in [0, 0.1) is 0 Å². The minimum atomic E-state index is -0.477. The highest BCUT2D eigenvalue weighted by Gasteiger charge is 2.45. The molecule has 27 heavy (non-hydrogen) atoms. The van der Waals surface area contributed by atoms with E-state index >= 15 is 0 Å². The molecule has 0 saturated carbocycles. The van der Waals surface area contributed by atoms with Crippen molar-refractivity contribution in [1.29, 1.82) is 0 Å². The van der Waals surface area contributed by atoms with Crippen molar-refractivity contribution in [1.82, 2.24) is 4.90 Å². The molecule has 0 atom stereocenters. The second kappa shape index (κ2) is 8.55. The van der Waals surface area contributed by atoms with Crippen LogP contribution in [0.15, 0.2) is 47.8 Å². The maximum Gasteiger partial charge on any atom is 0.233 e. The normalized spacial score (nSPS) is 20.3. The molecule has 0 spiro atoms. The number of thiophene rings is 1. The summed E-state index contributed by atoms with van der Waals surface area (Å²) in [6, 6.07) is 14.8. The first-order valence-electron chi connectivity index (χ1n) is 9.84. The smallest absolute Gasteiger partial charge is 0.233 e. The molecule has 2 saturated heterocycles.